The Morgan fingerprint density at radius 2 is 2.17 bits per heavy atom. The molecule has 0 aromatic carbocycles. The molecule has 7 nitrogen and oxygen atoms in total. The minimum atomic E-state index is -0.699. The van der Waals surface area contributed by atoms with Crippen LogP contribution in [0.3, 0.4) is 0 Å². The van der Waals surface area contributed by atoms with Crippen LogP contribution in [0.15, 0.2) is 12.1 Å². The van der Waals surface area contributed by atoms with Crippen LogP contribution in [0.5, 0.6) is 0 Å². The molecule has 1 aliphatic heterocycles. The van der Waals surface area contributed by atoms with E-state index in [1.54, 1.807) is 0 Å². The maximum atomic E-state index is 11.2. The smallest absolute Gasteiger partial charge is 0.306 e. The highest BCUT2D eigenvalue weighted by Crippen LogP contribution is 2.27. The normalized spacial score (nSPS) is 25.3. The number of carboxylic acid groups (broad SMARTS) is 1. The van der Waals surface area contributed by atoms with Gasteiger partial charge in [-0.3, -0.25) is 9.69 Å². The van der Waals surface area contributed by atoms with Crippen LogP contribution < -0.4 is 11.1 Å². The van der Waals surface area contributed by atoms with Crippen molar-refractivity contribution in [3.05, 3.63) is 17.7 Å². The SMILES string of the molecule is Nc1cc(CN2CCOCC2)cc(NC2CCCC(C(=O)O)C2)n1. The molecule has 1 saturated carbocycles. The van der Waals surface area contributed by atoms with Crippen molar-refractivity contribution in [1.29, 1.82) is 0 Å². The molecule has 0 amide bonds. The largest absolute Gasteiger partial charge is 0.481 e. The van der Waals surface area contributed by atoms with Gasteiger partial charge < -0.3 is 20.9 Å². The molecule has 4 N–H and O–H groups in total. The number of nitrogens with two attached hydrogens (primary N) is 1. The van der Waals surface area contributed by atoms with Gasteiger partial charge in [0.25, 0.3) is 0 Å². The lowest BCUT2D eigenvalue weighted by Crippen LogP contribution is -2.35. The van der Waals surface area contributed by atoms with Gasteiger partial charge in [0.2, 0.25) is 0 Å². The zero-order valence-electron chi connectivity index (χ0n) is 13.9. The van der Waals surface area contributed by atoms with E-state index in [0.29, 0.717) is 12.2 Å². The van der Waals surface area contributed by atoms with Crippen LogP contribution >= 0.6 is 0 Å². The number of nitrogens with zero attached hydrogens (tertiary/aromatic N) is 2. The van der Waals surface area contributed by atoms with E-state index in [4.69, 9.17) is 10.5 Å². The Balaban J connectivity index is 1.63. The molecule has 2 atom stereocenters. The predicted molar refractivity (Wildman–Crippen MR) is 91.7 cm³/mol. The van der Waals surface area contributed by atoms with E-state index in [1.807, 2.05) is 12.1 Å². The first-order valence-corrected chi connectivity index (χ1v) is 8.66. The third-order valence-electron chi connectivity index (χ3n) is 4.79. The summed E-state index contributed by atoms with van der Waals surface area (Å²) in [5.41, 5.74) is 7.08. The number of nitrogens with one attached hydrogen (secondary N) is 1. The number of anilines is 2. The van der Waals surface area contributed by atoms with E-state index in [0.717, 1.165) is 63.5 Å². The molecular weight excluding hydrogens is 308 g/mol. The van der Waals surface area contributed by atoms with Crippen molar-refractivity contribution in [2.24, 2.45) is 5.92 Å². The van der Waals surface area contributed by atoms with Gasteiger partial charge >= 0.3 is 5.97 Å². The van der Waals surface area contributed by atoms with Gasteiger partial charge in [-0.2, -0.15) is 0 Å². The van der Waals surface area contributed by atoms with Gasteiger partial charge in [-0.15, -0.1) is 0 Å². The van der Waals surface area contributed by atoms with Crippen molar-refractivity contribution in [3.8, 4) is 0 Å². The van der Waals surface area contributed by atoms with Gasteiger partial charge in [0.1, 0.15) is 11.6 Å². The van der Waals surface area contributed by atoms with Gasteiger partial charge in [-0.05, 0) is 37.0 Å². The van der Waals surface area contributed by atoms with Gasteiger partial charge in [-0.25, -0.2) is 4.98 Å². The van der Waals surface area contributed by atoms with E-state index < -0.39 is 5.97 Å². The van der Waals surface area contributed by atoms with Gasteiger partial charge in [0, 0.05) is 25.7 Å². The Kier molecular flexibility index (Phi) is 5.52. The number of hydrogen-bond donors (Lipinski definition) is 3. The summed E-state index contributed by atoms with van der Waals surface area (Å²) in [5, 5.41) is 12.6. The van der Waals surface area contributed by atoms with E-state index in [9.17, 15) is 9.90 Å². The Labute approximate surface area is 142 Å². The topological polar surface area (TPSA) is 101 Å². The Hall–Kier alpha value is -1.86. The van der Waals surface area contributed by atoms with E-state index in [-0.39, 0.29) is 12.0 Å². The Bertz CT molecular complexity index is 575. The number of aromatic nitrogens is 1. The van der Waals surface area contributed by atoms with E-state index >= 15 is 0 Å². The Morgan fingerprint density at radius 1 is 1.38 bits per heavy atom. The third kappa shape index (κ3) is 4.58. The highest BCUT2D eigenvalue weighted by atomic mass is 16.5. The van der Waals surface area contributed by atoms with Gasteiger partial charge in [-0.1, -0.05) is 6.42 Å². The summed E-state index contributed by atoms with van der Waals surface area (Å²) >= 11 is 0. The number of carbonyl (C=O) groups is 1. The van der Waals surface area contributed by atoms with Crippen LogP contribution in [0.4, 0.5) is 11.6 Å². The number of nitrogen functional groups attached to an aromatic ring is 1. The average molecular weight is 334 g/mol. The average Bonchev–Trinajstić information content (AvgIpc) is 2.55. The molecule has 1 aromatic heterocycles. The van der Waals surface area contributed by atoms with Crippen molar-refractivity contribution >= 4 is 17.6 Å². The molecule has 1 aliphatic carbocycles. The summed E-state index contributed by atoms with van der Waals surface area (Å²) in [5.74, 6) is 0.281. The first kappa shape index (κ1) is 17.0. The molecule has 24 heavy (non-hydrogen) atoms. The monoisotopic (exact) mass is 334 g/mol. The Morgan fingerprint density at radius 3 is 2.92 bits per heavy atom. The first-order chi connectivity index (χ1) is 11.6. The number of ether oxygens (including phenoxy) is 1. The van der Waals surface area contributed by atoms with Crippen molar-refractivity contribution < 1.29 is 14.6 Å². The van der Waals surface area contributed by atoms with Crippen LogP contribution in [0.2, 0.25) is 0 Å². The standard InChI is InChI=1S/C17H26N4O3/c18-15-8-12(11-21-4-6-24-7-5-21)9-16(20-15)19-14-3-1-2-13(10-14)17(22)23/h8-9,13-14H,1-7,10-11H2,(H,22,23)(H3,18,19,20). The lowest BCUT2D eigenvalue weighted by atomic mass is 9.86. The summed E-state index contributed by atoms with van der Waals surface area (Å²) in [7, 11) is 0. The molecule has 1 saturated heterocycles. The summed E-state index contributed by atoms with van der Waals surface area (Å²) in [6.07, 6.45) is 3.31. The molecule has 132 valence electrons. The molecular formula is C17H26N4O3. The van der Waals surface area contributed by atoms with Crippen molar-refractivity contribution in [2.45, 2.75) is 38.3 Å². The molecule has 2 fully saturated rings. The number of aliphatic carboxylic acids is 1. The zero-order valence-corrected chi connectivity index (χ0v) is 13.9. The second-order valence-electron chi connectivity index (χ2n) is 6.72. The van der Waals surface area contributed by atoms with Crippen LogP contribution in [0.25, 0.3) is 0 Å². The minimum Gasteiger partial charge on any atom is -0.481 e. The summed E-state index contributed by atoms with van der Waals surface area (Å²) < 4.78 is 5.38. The molecule has 2 unspecified atom stereocenters. The van der Waals surface area contributed by atoms with Crippen LogP contribution in [0.1, 0.15) is 31.2 Å². The third-order valence-corrected chi connectivity index (χ3v) is 4.79. The van der Waals surface area contributed by atoms with Crippen molar-refractivity contribution in [3.63, 3.8) is 0 Å². The van der Waals surface area contributed by atoms with E-state index in [1.165, 1.54) is 0 Å². The number of carboxylic acids is 1. The maximum absolute atomic E-state index is 11.2. The fourth-order valence-corrected chi connectivity index (χ4v) is 3.55. The highest BCUT2D eigenvalue weighted by Gasteiger charge is 2.27. The van der Waals surface area contributed by atoms with Crippen LogP contribution in [-0.2, 0) is 16.1 Å². The molecule has 1 aromatic rings. The number of rotatable bonds is 5. The summed E-state index contributed by atoms with van der Waals surface area (Å²) in [4.78, 5) is 17.9. The predicted octanol–water partition coefficient (Wildman–Crippen LogP) is 1.55. The fourth-order valence-electron chi connectivity index (χ4n) is 3.55. The van der Waals surface area contributed by atoms with Crippen molar-refractivity contribution in [1.82, 2.24) is 9.88 Å². The molecule has 7 heteroatoms. The van der Waals surface area contributed by atoms with E-state index in [2.05, 4.69) is 15.2 Å². The molecule has 0 bridgehead atoms. The maximum Gasteiger partial charge on any atom is 0.306 e. The summed E-state index contributed by atoms with van der Waals surface area (Å²) in [6, 6.07) is 4.07. The van der Waals surface area contributed by atoms with Gasteiger partial charge in [0.15, 0.2) is 0 Å². The second-order valence-corrected chi connectivity index (χ2v) is 6.72. The fraction of sp³-hybridized carbons (Fsp3) is 0.647. The molecule has 2 heterocycles. The van der Waals surface area contributed by atoms with Gasteiger partial charge in [0.05, 0.1) is 19.1 Å². The van der Waals surface area contributed by atoms with Crippen LogP contribution in [0, 0.1) is 5.92 Å². The number of morpholine rings is 1. The summed E-state index contributed by atoms with van der Waals surface area (Å²) in [6.45, 7) is 4.21. The van der Waals surface area contributed by atoms with Crippen LogP contribution in [-0.4, -0.2) is 53.3 Å². The quantitative estimate of drug-likeness (QED) is 0.751. The molecule has 0 spiro atoms. The molecule has 0 radical (unpaired) electrons. The number of hydrogen-bond acceptors (Lipinski definition) is 6. The highest BCUT2D eigenvalue weighted by molar-refractivity contribution is 5.70. The zero-order chi connectivity index (χ0) is 16.9. The lowest BCUT2D eigenvalue weighted by molar-refractivity contribution is -0.142. The first-order valence-electron chi connectivity index (χ1n) is 8.66. The number of pyridine rings is 1. The minimum absolute atomic E-state index is 0.144. The molecule has 3 rings (SSSR count). The lowest BCUT2D eigenvalue weighted by Gasteiger charge is -2.28. The second kappa shape index (κ2) is 7.81. The van der Waals surface area contributed by atoms with Crippen molar-refractivity contribution in [2.75, 3.05) is 37.4 Å². The molecule has 2 aliphatic rings.